The highest BCUT2D eigenvalue weighted by Crippen LogP contribution is 2.10. The highest BCUT2D eigenvalue weighted by Gasteiger charge is 2.06. The van der Waals surface area contributed by atoms with E-state index in [1.807, 2.05) is 24.8 Å². The monoisotopic (exact) mass is 354 g/mol. The number of ether oxygens (including phenoxy) is 1. The Balaban J connectivity index is 1.69. The van der Waals surface area contributed by atoms with Crippen molar-refractivity contribution in [2.24, 2.45) is 0 Å². The second kappa shape index (κ2) is 13.3. The van der Waals surface area contributed by atoms with Gasteiger partial charge in [-0.05, 0) is 12.0 Å². The molecule has 1 unspecified atom stereocenters. The number of hydrogen-bond donors (Lipinski definition) is 0. The Morgan fingerprint density at radius 2 is 1.73 bits per heavy atom. The van der Waals surface area contributed by atoms with Crippen molar-refractivity contribution in [2.75, 3.05) is 6.61 Å². The van der Waals surface area contributed by atoms with Gasteiger partial charge in [0, 0.05) is 19.0 Å². The van der Waals surface area contributed by atoms with Gasteiger partial charge in [-0.2, -0.15) is 0 Å². The fraction of sp³-hybridized carbons (Fsp3) is 0.522. The normalized spacial score (nSPS) is 12.7. The number of hydrogen-bond acceptors (Lipinski definition) is 2. The third kappa shape index (κ3) is 9.00. The second-order valence-corrected chi connectivity index (χ2v) is 6.91. The summed E-state index contributed by atoms with van der Waals surface area (Å²) in [5.74, 6) is 0. The van der Waals surface area contributed by atoms with Crippen molar-refractivity contribution in [3.63, 3.8) is 0 Å². The molecule has 3 nitrogen and oxygen atoms in total. The van der Waals surface area contributed by atoms with Crippen LogP contribution in [0.25, 0.3) is 6.08 Å². The van der Waals surface area contributed by atoms with E-state index in [4.69, 9.17) is 4.74 Å². The summed E-state index contributed by atoms with van der Waals surface area (Å²) in [6, 6.07) is 10.4. The molecule has 0 bridgehead atoms. The number of unbranched alkanes of at least 4 members (excludes halogenated alkanes) is 7. The molecular weight excluding hydrogens is 320 g/mol. The van der Waals surface area contributed by atoms with Crippen molar-refractivity contribution in [1.82, 2.24) is 9.55 Å². The standard InChI is InChI=1S/C23H34N2O/c1-2-3-4-5-6-7-8-12-19-26-23(20-25-18-17-24-21-25)16-15-22-13-10-9-11-14-22/h9-11,13-18,21,23H,2-8,12,19-20H2,1H3/b16-15+. The second-order valence-electron chi connectivity index (χ2n) is 6.91. The predicted octanol–water partition coefficient (Wildman–Crippen LogP) is 6.12. The van der Waals surface area contributed by atoms with E-state index in [0.717, 1.165) is 19.6 Å². The quantitative estimate of drug-likeness (QED) is 0.382. The summed E-state index contributed by atoms with van der Waals surface area (Å²) in [5.41, 5.74) is 1.21. The van der Waals surface area contributed by atoms with Crippen LogP contribution in [0.1, 0.15) is 63.9 Å². The first-order chi connectivity index (χ1) is 12.9. The van der Waals surface area contributed by atoms with Gasteiger partial charge in [-0.25, -0.2) is 4.98 Å². The lowest BCUT2D eigenvalue weighted by Gasteiger charge is -2.15. The molecule has 1 aromatic carbocycles. The Kier molecular flexibility index (Phi) is 10.5. The summed E-state index contributed by atoms with van der Waals surface area (Å²) >= 11 is 0. The van der Waals surface area contributed by atoms with E-state index < -0.39 is 0 Å². The van der Waals surface area contributed by atoms with Crippen LogP contribution in [0.4, 0.5) is 0 Å². The smallest absolute Gasteiger partial charge is 0.0946 e. The Morgan fingerprint density at radius 1 is 1.00 bits per heavy atom. The molecule has 0 aliphatic rings. The van der Waals surface area contributed by atoms with Gasteiger partial charge in [0.05, 0.1) is 19.0 Å². The molecule has 3 heteroatoms. The third-order valence-corrected chi connectivity index (χ3v) is 4.58. The number of imidazole rings is 1. The number of aromatic nitrogens is 2. The molecule has 0 N–H and O–H groups in total. The van der Waals surface area contributed by atoms with Crippen LogP contribution in [-0.2, 0) is 11.3 Å². The molecule has 0 spiro atoms. The minimum Gasteiger partial charge on any atom is -0.372 e. The van der Waals surface area contributed by atoms with Crippen molar-refractivity contribution in [1.29, 1.82) is 0 Å². The van der Waals surface area contributed by atoms with Crippen molar-refractivity contribution >= 4 is 6.08 Å². The van der Waals surface area contributed by atoms with Crippen LogP contribution in [0.5, 0.6) is 0 Å². The molecule has 0 aliphatic heterocycles. The highest BCUT2D eigenvalue weighted by atomic mass is 16.5. The first kappa shape index (κ1) is 20.4. The molecule has 0 amide bonds. The van der Waals surface area contributed by atoms with Crippen LogP contribution < -0.4 is 0 Å². The van der Waals surface area contributed by atoms with Gasteiger partial charge in [0.25, 0.3) is 0 Å². The number of rotatable bonds is 14. The van der Waals surface area contributed by atoms with Crippen molar-refractivity contribution in [2.45, 2.75) is 70.9 Å². The third-order valence-electron chi connectivity index (χ3n) is 4.58. The maximum absolute atomic E-state index is 6.15. The SMILES string of the molecule is CCCCCCCCCCOC(/C=C/c1ccccc1)Cn1ccnc1. The van der Waals surface area contributed by atoms with Gasteiger partial charge in [0.2, 0.25) is 0 Å². The average molecular weight is 355 g/mol. The molecule has 142 valence electrons. The molecule has 2 aromatic rings. The van der Waals surface area contributed by atoms with E-state index in [0.29, 0.717) is 0 Å². The van der Waals surface area contributed by atoms with Gasteiger partial charge in [0.15, 0.2) is 0 Å². The maximum Gasteiger partial charge on any atom is 0.0946 e. The van der Waals surface area contributed by atoms with Gasteiger partial charge in [-0.3, -0.25) is 0 Å². The molecule has 0 saturated carbocycles. The summed E-state index contributed by atoms with van der Waals surface area (Å²) in [7, 11) is 0. The fourth-order valence-corrected chi connectivity index (χ4v) is 3.02. The van der Waals surface area contributed by atoms with E-state index >= 15 is 0 Å². The maximum atomic E-state index is 6.15. The van der Waals surface area contributed by atoms with Gasteiger partial charge >= 0.3 is 0 Å². The summed E-state index contributed by atoms with van der Waals surface area (Å²) in [5, 5.41) is 0. The Morgan fingerprint density at radius 3 is 2.42 bits per heavy atom. The minimum atomic E-state index is 0.0777. The largest absolute Gasteiger partial charge is 0.372 e. The average Bonchev–Trinajstić information content (AvgIpc) is 3.18. The molecule has 1 atom stereocenters. The van der Waals surface area contributed by atoms with Crippen LogP contribution in [-0.4, -0.2) is 22.3 Å². The first-order valence-corrected chi connectivity index (χ1v) is 10.2. The Labute approximate surface area is 159 Å². The van der Waals surface area contributed by atoms with E-state index in [-0.39, 0.29) is 6.10 Å². The lowest BCUT2D eigenvalue weighted by molar-refractivity contribution is 0.0710. The topological polar surface area (TPSA) is 27.1 Å². The van der Waals surface area contributed by atoms with Crippen LogP contribution in [0, 0.1) is 0 Å². The van der Waals surface area contributed by atoms with Gasteiger partial charge in [0.1, 0.15) is 0 Å². The van der Waals surface area contributed by atoms with E-state index in [1.54, 1.807) is 0 Å². The van der Waals surface area contributed by atoms with Gasteiger partial charge in [-0.1, -0.05) is 94.4 Å². The summed E-state index contributed by atoms with van der Waals surface area (Å²) in [6.07, 6.45) is 20.6. The van der Waals surface area contributed by atoms with Crippen LogP contribution in [0.3, 0.4) is 0 Å². The van der Waals surface area contributed by atoms with E-state index in [9.17, 15) is 0 Å². The molecule has 1 aromatic heterocycles. The van der Waals surface area contributed by atoms with E-state index in [2.05, 4.69) is 52.9 Å². The minimum absolute atomic E-state index is 0.0777. The van der Waals surface area contributed by atoms with Crippen molar-refractivity contribution in [3.05, 3.63) is 60.7 Å². The molecule has 0 saturated heterocycles. The van der Waals surface area contributed by atoms with Gasteiger partial charge < -0.3 is 9.30 Å². The van der Waals surface area contributed by atoms with Crippen molar-refractivity contribution < 1.29 is 4.74 Å². The lowest BCUT2D eigenvalue weighted by Crippen LogP contribution is -2.17. The summed E-state index contributed by atoms with van der Waals surface area (Å²) < 4.78 is 8.22. The zero-order valence-electron chi connectivity index (χ0n) is 16.2. The van der Waals surface area contributed by atoms with Crippen LogP contribution >= 0.6 is 0 Å². The summed E-state index contributed by atoms with van der Waals surface area (Å²) in [4.78, 5) is 4.13. The van der Waals surface area contributed by atoms with E-state index in [1.165, 1.54) is 50.5 Å². The number of nitrogens with zero attached hydrogens (tertiary/aromatic N) is 2. The Bertz CT molecular complexity index is 578. The lowest BCUT2D eigenvalue weighted by atomic mass is 10.1. The zero-order chi connectivity index (χ0) is 18.3. The Hall–Kier alpha value is -1.87. The van der Waals surface area contributed by atoms with Crippen LogP contribution in [0.2, 0.25) is 0 Å². The highest BCUT2D eigenvalue weighted by molar-refractivity contribution is 5.49. The fourth-order valence-electron chi connectivity index (χ4n) is 3.02. The molecule has 0 fully saturated rings. The molecular formula is C23H34N2O. The zero-order valence-corrected chi connectivity index (χ0v) is 16.2. The summed E-state index contributed by atoms with van der Waals surface area (Å²) in [6.45, 7) is 3.90. The first-order valence-electron chi connectivity index (χ1n) is 10.2. The molecule has 0 radical (unpaired) electrons. The molecule has 26 heavy (non-hydrogen) atoms. The number of benzene rings is 1. The molecule has 0 aliphatic carbocycles. The predicted molar refractivity (Wildman–Crippen MR) is 110 cm³/mol. The van der Waals surface area contributed by atoms with Crippen LogP contribution in [0.15, 0.2) is 55.1 Å². The molecule has 2 rings (SSSR count). The molecule has 1 heterocycles. The van der Waals surface area contributed by atoms with Gasteiger partial charge in [-0.15, -0.1) is 0 Å². The van der Waals surface area contributed by atoms with Crippen molar-refractivity contribution in [3.8, 4) is 0 Å².